The van der Waals surface area contributed by atoms with Crippen molar-refractivity contribution in [1.82, 2.24) is 14.4 Å². The predicted molar refractivity (Wildman–Crippen MR) is 99.2 cm³/mol. The molecule has 6 nitrogen and oxygen atoms in total. The summed E-state index contributed by atoms with van der Waals surface area (Å²) >= 11 is 6.27. The summed E-state index contributed by atoms with van der Waals surface area (Å²) in [5.41, 5.74) is 2.56. The van der Waals surface area contributed by atoms with Crippen LogP contribution in [0.4, 0.5) is 5.69 Å². The molecule has 2 heterocycles. The highest BCUT2D eigenvalue weighted by molar-refractivity contribution is 6.34. The molecule has 2 N–H and O–H groups in total. The molecule has 1 aromatic carbocycles. The quantitative estimate of drug-likeness (QED) is 0.704. The monoisotopic (exact) mass is 356 g/mol. The topological polar surface area (TPSA) is 79.3 Å². The van der Waals surface area contributed by atoms with Crippen molar-refractivity contribution in [2.75, 3.05) is 5.32 Å². The standard InChI is InChI=1S/C18H17ClN4O2/c1-4-13-15(17(25)23-9-10(3)20-18(23)21-13)11-7-6-8-12(19)16(11)22-14(24)5-2/h5-9H,2,4H2,1,3H3,(H,20,21)(H,22,24). The van der Waals surface area contributed by atoms with Crippen LogP contribution in [0.3, 0.4) is 0 Å². The Morgan fingerprint density at radius 2 is 2.24 bits per heavy atom. The average Bonchev–Trinajstić information content (AvgIpc) is 2.97. The van der Waals surface area contributed by atoms with E-state index in [1.807, 2.05) is 13.8 Å². The van der Waals surface area contributed by atoms with Crippen LogP contribution in [0.15, 0.2) is 41.8 Å². The zero-order valence-corrected chi connectivity index (χ0v) is 14.6. The summed E-state index contributed by atoms with van der Waals surface area (Å²) < 4.78 is 1.46. The third kappa shape index (κ3) is 2.96. The normalized spacial score (nSPS) is 10.8. The van der Waals surface area contributed by atoms with E-state index in [2.05, 4.69) is 21.9 Å². The maximum Gasteiger partial charge on any atom is 0.267 e. The van der Waals surface area contributed by atoms with Crippen LogP contribution < -0.4 is 10.9 Å². The molecule has 0 bridgehead atoms. The van der Waals surface area contributed by atoms with E-state index in [9.17, 15) is 9.59 Å². The zero-order valence-electron chi connectivity index (χ0n) is 13.9. The minimum absolute atomic E-state index is 0.220. The number of aromatic nitrogens is 3. The Bertz CT molecular complexity index is 1050. The Morgan fingerprint density at radius 1 is 1.48 bits per heavy atom. The molecule has 0 aliphatic carbocycles. The van der Waals surface area contributed by atoms with Crippen LogP contribution in [0, 0.1) is 6.92 Å². The zero-order chi connectivity index (χ0) is 18.1. The lowest BCUT2D eigenvalue weighted by Crippen LogP contribution is -2.20. The Hall–Kier alpha value is -2.86. The van der Waals surface area contributed by atoms with Crippen molar-refractivity contribution in [3.63, 3.8) is 0 Å². The highest BCUT2D eigenvalue weighted by atomic mass is 35.5. The van der Waals surface area contributed by atoms with Gasteiger partial charge in [-0.3, -0.25) is 14.0 Å². The molecule has 25 heavy (non-hydrogen) atoms. The second kappa shape index (κ2) is 6.57. The van der Waals surface area contributed by atoms with E-state index in [1.54, 1.807) is 24.4 Å². The number of para-hydroxylation sites is 1. The number of fused-ring (bicyclic) bond motifs is 1. The predicted octanol–water partition coefficient (Wildman–Crippen LogP) is 3.34. The Kier molecular flexibility index (Phi) is 4.46. The fourth-order valence-electron chi connectivity index (χ4n) is 2.75. The van der Waals surface area contributed by atoms with Gasteiger partial charge in [0, 0.05) is 17.5 Å². The number of aromatic amines is 1. The van der Waals surface area contributed by atoms with E-state index < -0.39 is 5.91 Å². The molecule has 0 saturated heterocycles. The van der Waals surface area contributed by atoms with Gasteiger partial charge in [-0.2, -0.15) is 0 Å². The first-order chi connectivity index (χ1) is 12.0. The van der Waals surface area contributed by atoms with E-state index in [4.69, 9.17) is 11.6 Å². The second-order valence-electron chi connectivity index (χ2n) is 5.58. The van der Waals surface area contributed by atoms with E-state index in [0.717, 1.165) is 11.8 Å². The van der Waals surface area contributed by atoms with Crippen molar-refractivity contribution in [1.29, 1.82) is 0 Å². The number of hydrogen-bond acceptors (Lipinski definition) is 3. The third-order valence-corrected chi connectivity index (χ3v) is 4.19. The number of halogens is 1. The molecule has 0 spiro atoms. The lowest BCUT2D eigenvalue weighted by atomic mass is 10.0. The largest absolute Gasteiger partial charge is 0.328 e. The van der Waals surface area contributed by atoms with Crippen LogP contribution in [0.1, 0.15) is 18.3 Å². The Labute approximate surface area is 149 Å². The molecule has 3 aromatic rings. The number of carbonyl (C=O) groups excluding carboxylic acids is 1. The van der Waals surface area contributed by atoms with Crippen LogP contribution in [-0.4, -0.2) is 20.3 Å². The van der Waals surface area contributed by atoms with Crippen LogP contribution >= 0.6 is 11.6 Å². The van der Waals surface area contributed by atoms with Gasteiger partial charge in [0.2, 0.25) is 11.7 Å². The number of nitrogens with zero attached hydrogens (tertiary/aromatic N) is 2. The van der Waals surface area contributed by atoms with Crippen molar-refractivity contribution < 1.29 is 4.79 Å². The number of H-pyrrole nitrogens is 1. The van der Waals surface area contributed by atoms with Gasteiger partial charge in [-0.25, -0.2) is 4.98 Å². The van der Waals surface area contributed by atoms with Crippen LogP contribution in [0.2, 0.25) is 5.02 Å². The molecule has 0 fully saturated rings. The number of imidazole rings is 1. The van der Waals surface area contributed by atoms with Gasteiger partial charge in [0.05, 0.1) is 22.0 Å². The number of rotatable bonds is 4. The summed E-state index contributed by atoms with van der Waals surface area (Å²) in [6.45, 7) is 7.22. The van der Waals surface area contributed by atoms with E-state index >= 15 is 0 Å². The molecule has 0 aliphatic rings. The number of amides is 1. The average molecular weight is 357 g/mol. The molecule has 2 aromatic heterocycles. The molecule has 0 unspecified atom stereocenters. The van der Waals surface area contributed by atoms with Gasteiger partial charge in [-0.15, -0.1) is 0 Å². The molecule has 0 radical (unpaired) electrons. The van der Waals surface area contributed by atoms with Gasteiger partial charge in [-0.05, 0) is 25.5 Å². The number of carbonyl (C=O) groups is 1. The SMILES string of the molecule is C=CC(=O)Nc1c(Cl)cccc1-c1c(CC)nc2[nH]c(C)cn2c1=O. The number of benzene rings is 1. The molecule has 1 amide bonds. The first-order valence-corrected chi connectivity index (χ1v) is 8.17. The number of hydrogen-bond donors (Lipinski definition) is 2. The minimum atomic E-state index is -0.404. The Morgan fingerprint density at radius 3 is 2.92 bits per heavy atom. The molecule has 0 saturated carbocycles. The minimum Gasteiger partial charge on any atom is -0.328 e. The smallest absolute Gasteiger partial charge is 0.267 e. The number of anilines is 1. The van der Waals surface area contributed by atoms with Gasteiger partial charge in [0.1, 0.15) is 0 Å². The summed E-state index contributed by atoms with van der Waals surface area (Å²) in [5.74, 6) is 0.0841. The molecule has 0 atom stereocenters. The van der Waals surface area contributed by atoms with Crippen LogP contribution in [0.25, 0.3) is 16.9 Å². The van der Waals surface area contributed by atoms with Crippen LogP contribution in [0.5, 0.6) is 0 Å². The van der Waals surface area contributed by atoms with E-state index in [0.29, 0.717) is 39.7 Å². The molecular weight excluding hydrogens is 340 g/mol. The van der Waals surface area contributed by atoms with Crippen molar-refractivity contribution in [3.8, 4) is 11.1 Å². The first kappa shape index (κ1) is 17.0. The summed E-state index contributed by atoms with van der Waals surface area (Å²) in [6.07, 6.45) is 3.40. The molecule has 3 rings (SSSR count). The first-order valence-electron chi connectivity index (χ1n) is 7.79. The molecular formula is C18H17ClN4O2. The van der Waals surface area contributed by atoms with Gasteiger partial charge >= 0.3 is 0 Å². The fourth-order valence-corrected chi connectivity index (χ4v) is 2.97. The van der Waals surface area contributed by atoms with Gasteiger partial charge in [0.15, 0.2) is 0 Å². The maximum absolute atomic E-state index is 13.1. The Balaban J connectivity index is 2.35. The lowest BCUT2D eigenvalue weighted by molar-refractivity contribution is -0.111. The molecule has 7 heteroatoms. The third-order valence-electron chi connectivity index (χ3n) is 3.87. The van der Waals surface area contributed by atoms with Crippen molar-refractivity contribution in [2.24, 2.45) is 0 Å². The van der Waals surface area contributed by atoms with Crippen molar-refractivity contribution in [3.05, 3.63) is 63.8 Å². The second-order valence-corrected chi connectivity index (χ2v) is 5.99. The highest BCUT2D eigenvalue weighted by Gasteiger charge is 2.19. The molecule has 0 aliphatic heterocycles. The van der Waals surface area contributed by atoms with E-state index in [1.165, 1.54) is 4.40 Å². The summed E-state index contributed by atoms with van der Waals surface area (Å²) in [6, 6.07) is 5.13. The fraction of sp³-hybridized carbons (Fsp3) is 0.167. The van der Waals surface area contributed by atoms with Crippen molar-refractivity contribution in [2.45, 2.75) is 20.3 Å². The van der Waals surface area contributed by atoms with Crippen molar-refractivity contribution >= 4 is 29.0 Å². The maximum atomic E-state index is 13.1. The summed E-state index contributed by atoms with van der Waals surface area (Å²) in [4.78, 5) is 32.5. The van der Waals surface area contributed by atoms with Gasteiger partial charge in [-0.1, -0.05) is 37.2 Å². The summed E-state index contributed by atoms with van der Waals surface area (Å²) in [5, 5.41) is 3.02. The highest BCUT2D eigenvalue weighted by Crippen LogP contribution is 2.34. The lowest BCUT2D eigenvalue weighted by Gasteiger charge is -2.14. The summed E-state index contributed by atoms with van der Waals surface area (Å²) in [7, 11) is 0. The molecule has 128 valence electrons. The number of aryl methyl sites for hydroxylation is 2. The number of nitrogens with one attached hydrogen (secondary N) is 2. The van der Waals surface area contributed by atoms with Gasteiger partial charge < -0.3 is 10.3 Å². The van der Waals surface area contributed by atoms with Gasteiger partial charge in [0.25, 0.3) is 5.56 Å². The van der Waals surface area contributed by atoms with E-state index in [-0.39, 0.29) is 5.56 Å². The van der Waals surface area contributed by atoms with Crippen LogP contribution in [-0.2, 0) is 11.2 Å².